The lowest BCUT2D eigenvalue weighted by Crippen LogP contribution is -2.30. The van der Waals surface area contributed by atoms with Gasteiger partial charge in [-0.05, 0) is 72.7 Å². The van der Waals surface area contributed by atoms with Gasteiger partial charge in [-0.2, -0.15) is 18.3 Å². The molecule has 1 amide bonds. The highest BCUT2D eigenvalue weighted by molar-refractivity contribution is 5.96. The monoisotopic (exact) mass is 558 g/mol. The Hall–Kier alpha value is -4.22. The third kappa shape index (κ3) is 5.56. The van der Waals surface area contributed by atoms with E-state index < -0.39 is 35.5 Å². The highest BCUT2D eigenvalue weighted by atomic mass is 19.4. The zero-order chi connectivity index (χ0) is 28.8. The minimum Gasteiger partial charge on any atom is -0.345 e. The molecule has 2 aromatic heterocycles. The average Bonchev–Trinajstić information content (AvgIpc) is 3.57. The number of hydrogen-bond acceptors (Lipinski definition) is 3. The van der Waals surface area contributed by atoms with Crippen LogP contribution in [0.5, 0.6) is 0 Å². The number of hydrogen-bond donors (Lipinski definition) is 2. The number of alkyl halides is 3. The molecule has 210 valence electrons. The fourth-order valence-corrected chi connectivity index (χ4v) is 4.76. The molecule has 0 radical (unpaired) electrons. The third-order valence-corrected chi connectivity index (χ3v) is 7.03. The molecule has 2 aromatic carbocycles. The number of amides is 1. The first-order valence-corrected chi connectivity index (χ1v) is 12.8. The van der Waals surface area contributed by atoms with Crippen LogP contribution in [0.25, 0.3) is 11.1 Å². The van der Waals surface area contributed by atoms with Gasteiger partial charge in [-0.15, -0.1) is 0 Å². The van der Waals surface area contributed by atoms with Crippen LogP contribution in [-0.2, 0) is 26.3 Å². The van der Waals surface area contributed by atoms with E-state index in [1.54, 1.807) is 47.6 Å². The molecule has 0 saturated heterocycles. The molecule has 5 rings (SSSR count). The number of nitrogens with zero attached hydrogens (tertiary/aromatic N) is 4. The quantitative estimate of drug-likeness (QED) is 0.284. The summed E-state index contributed by atoms with van der Waals surface area (Å²) >= 11 is 0. The topological polar surface area (TPSA) is 80.6 Å². The van der Waals surface area contributed by atoms with Gasteiger partial charge in [0, 0.05) is 43.3 Å². The Kier molecular flexibility index (Phi) is 7.11. The number of halogens is 5. The van der Waals surface area contributed by atoms with E-state index in [-0.39, 0.29) is 41.3 Å². The van der Waals surface area contributed by atoms with Gasteiger partial charge in [-0.3, -0.25) is 14.9 Å². The second-order valence-corrected chi connectivity index (χ2v) is 9.99. The van der Waals surface area contributed by atoms with Crippen LogP contribution in [0, 0.1) is 23.0 Å². The maximum Gasteiger partial charge on any atom is 0.435 e. The van der Waals surface area contributed by atoms with Gasteiger partial charge in [0.25, 0.3) is 5.91 Å². The Morgan fingerprint density at radius 1 is 1.12 bits per heavy atom. The molecule has 0 unspecified atom stereocenters. The summed E-state index contributed by atoms with van der Waals surface area (Å²) in [6.45, 7) is 2.02. The van der Waals surface area contributed by atoms with Gasteiger partial charge < -0.3 is 14.5 Å². The van der Waals surface area contributed by atoms with Gasteiger partial charge in [-0.25, -0.2) is 8.78 Å². The van der Waals surface area contributed by atoms with Crippen molar-refractivity contribution in [2.24, 2.45) is 13.0 Å². The maximum atomic E-state index is 14.0. The van der Waals surface area contributed by atoms with Crippen LogP contribution in [0.15, 0.2) is 55.0 Å². The Labute approximate surface area is 226 Å². The molecular weight excluding hydrogens is 531 g/mol. The van der Waals surface area contributed by atoms with E-state index in [4.69, 9.17) is 5.41 Å². The summed E-state index contributed by atoms with van der Waals surface area (Å²) in [4.78, 5) is 13.5. The van der Waals surface area contributed by atoms with E-state index in [9.17, 15) is 26.7 Å². The fraction of sp³-hybridized carbons (Fsp3) is 0.321. The van der Waals surface area contributed by atoms with Crippen molar-refractivity contribution in [3.8, 4) is 11.1 Å². The van der Waals surface area contributed by atoms with Crippen molar-refractivity contribution in [2.75, 3.05) is 0 Å². The lowest BCUT2D eigenvalue weighted by Gasteiger charge is -2.20. The first-order chi connectivity index (χ1) is 18.9. The lowest BCUT2D eigenvalue weighted by molar-refractivity contribution is -0.141. The Balaban J connectivity index is 1.57. The van der Waals surface area contributed by atoms with Gasteiger partial charge in [0.2, 0.25) is 5.62 Å². The normalized spacial score (nSPS) is 14.4. The number of nitrogens with one attached hydrogen (secondary N) is 2. The van der Waals surface area contributed by atoms with E-state index >= 15 is 0 Å². The minimum atomic E-state index is -4.72. The van der Waals surface area contributed by atoms with E-state index in [1.807, 2.05) is 0 Å². The molecule has 2 N–H and O–H groups in total. The van der Waals surface area contributed by atoms with Crippen molar-refractivity contribution in [1.82, 2.24) is 24.2 Å². The molecule has 2 heterocycles. The molecule has 1 atom stereocenters. The number of imidazole rings is 1. The number of benzene rings is 2. The molecule has 1 aliphatic rings. The van der Waals surface area contributed by atoms with Crippen LogP contribution >= 0.6 is 0 Å². The summed E-state index contributed by atoms with van der Waals surface area (Å²) in [5.74, 6) is -2.56. The molecule has 1 aliphatic carbocycles. The van der Waals surface area contributed by atoms with Crippen molar-refractivity contribution >= 4 is 5.91 Å². The van der Waals surface area contributed by atoms with Gasteiger partial charge in [-0.1, -0.05) is 6.07 Å². The summed E-state index contributed by atoms with van der Waals surface area (Å²) in [6.07, 6.45) is 1.49. The van der Waals surface area contributed by atoms with Crippen LogP contribution in [0.3, 0.4) is 0 Å². The summed E-state index contributed by atoms with van der Waals surface area (Å²) in [5, 5.41) is 14.8. The molecule has 0 aliphatic heterocycles. The van der Waals surface area contributed by atoms with Crippen LogP contribution in [-0.4, -0.2) is 24.8 Å². The molecule has 12 heteroatoms. The maximum absolute atomic E-state index is 14.0. The Bertz CT molecular complexity index is 1630. The number of aromatic nitrogens is 4. The van der Waals surface area contributed by atoms with Gasteiger partial charge in [0.15, 0.2) is 17.3 Å². The number of rotatable bonds is 8. The van der Waals surface area contributed by atoms with Crippen molar-refractivity contribution in [3.05, 3.63) is 94.6 Å². The Morgan fingerprint density at radius 3 is 2.48 bits per heavy atom. The van der Waals surface area contributed by atoms with Crippen LogP contribution in [0.4, 0.5) is 22.0 Å². The molecule has 1 saturated carbocycles. The molecule has 0 bridgehead atoms. The summed E-state index contributed by atoms with van der Waals surface area (Å²) in [6, 6.07) is 7.37. The summed E-state index contributed by atoms with van der Waals surface area (Å²) in [7, 11) is 1.69. The Morgan fingerprint density at radius 2 is 1.88 bits per heavy atom. The average molecular weight is 559 g/mol. The van der Waals surface area contributed by atoms with Crippen LogP contribution in [0.1, 0.15) is 53.0 Å². The van der Waals surface area contributed by atoms with E-state index in [2.05, 4.69) is 10.4 Å². The van der Waals surface area contributed by atoms with E-state index in [0.717, 1.165) is 25.0 Å². The molecule has 40 heavy (non-hydrogen) atoms. The summed E-state index contributed by atoms with van der Waals surface area (Å²) in [5.41, 5.74) is 0.0831. The lowest BCUT2D eigenvalue weighted by atomic mass is 9.98. The fourth-order valence-electron chi connectivity index (χ4n) is 4.76. The smallest absolute Gasteiger partial charge is 0.345 e. The number of carbonyl (C=O) groups excluding carboxylic acids is 1. The molecule has 0 spiro atoms. The van der Waals surface area contributed by atoms with Crippen molar-refractivity contribution in [3.63, 3.8) is 0 Å². The van der Waals surface area contributed by atoms with Gasteiger partial charge in [0.1, 0.15) is 0 Å². The van der Waals surface area contributed by atoms with Crippen molar-refractivity contribution < 1.29 is 26.7 Å². The van der Waals surface area contributed by atoms with Crippen molar-refractivity contribution in [2.45, 2.75) is 45.1 Å². The number of aryl methyl sites for hydroxylation is 2. The zero-order valence-electron chi connectivity index (χ0n) is 21.8. The van der Waals surface area contributed by atoms with Gasteiger partial charge >= 0.3 is 6.18 Å². The second kappa shape index (κ2) is 10.4. The third-order valence-electron chi connectivity index (χ3n) is 7.03. The van der Waals surface area contributed by atoms with Crippen molar-refractivity contribution in [1.29, 1.82) is 5.41 Å². The first-order valence-electron chi connectivity index (χ1n) is 12.8. The van der Waals surface area contributed by atoms with Crippen LogP contribution in [0.2, 0.25) is 0 Å². The first kappa shape index (κ1) is 27.4. The predicted molar refractivity (Wildman–Crippen MR) is 136 cm³/mol. The standard InChI is InChI=1S/C28H27F5N6O/c1-3-39-15-21(25(36-39)28(31,32)33)19-10-16(14-38-9-8-37(2)27(38)34)11-20(12-19)26(40)35-24(17-4-5-17)18-6-7-22(29)23(30)13-18/h6-13,15,17,24,34H,3-5,14H2,1-2H3,(H,35,40)/t24-/m0/s1. The zero-order valence-corrected chi connectivity index (χ0v) is 21.8. The van der Waals surface area contributed by atoms with Crippen LogP contribution < -0.4 is 10.9 Å². The summed E-state index contributed by atoms with van der Waals surface area (Å²) < 4.78 is 73.6. The second-order valence-electron chi connectivity index (χ2n) is 9.99. The molecule has 7 nitrogen and oxygen atoms in total. The highest BCUT2D eigenvalue weighted by Crippen LogP contribution is 2.42. The number of carbonyl (C=O) groups is 1. The van der Waals surface area contributed by atoms with E-state index in [1.165, 1.54) is 23.0 Å². The SMILES string of the molecule is CCn1cc(-c2cc(Cn3ccn(C)c3=N)cc(C(=O)N[C@H](c3ccc(F)c(F)c3)C3CC3)c2)c(C(F)(F)F)n1. The largest absolute Gasteiger partial charge is 0.435 e. The molecule has 1 fully saturated rings. The predicted octanol–water partition coefficient (Wildman–Crippen LogP) is 5.42. The molecular formula is C28H27F5N6O. The molecule has 4 aromatic rings. The van der Waals surface area contributed by atoms with Gasteiger partial charge in [0.05, 0.1) is 12.6 Å². The highest BCUT2D eigenvalue weighted by Gasteiger charge is 2.38. The van der Waals surface area contributed by atoms with E-state index in [0.29, 0.717) is 11.1 Å². The minimum absolute atomic E-state index is 0.0295.